The van der Waals surface area contributed by atoms with Gasteiger partial charge in [0.25, 0.3) is 0 Å². The van der Waals surface area contributed by atoms with E-state index in [0.29, 0.717) is 11.1 Å². The minimum absolute atomic E-state index is 0.197. The summed E-state index contributed by atoms with van der Waals surface area (Å²) in [7, 11) is 0. The van der Waals surface area contributed by atoms with Crippen molar-refractivity contribution in [2.45, 2.75) is 45.1 Å². The first-order chi connectivity index (χ1) is 9.06. The molecule has 1 N–H and O–H groups in total. The van der Waals surface area contributed by atoms with Gasteiger partial charge < -0.3 is 10.0 Å². The van der Waals surface area contributed by atoms with Crippen LogP contribution in [0.25, 0.3) is 0 Å². The average molecular weight is 282 g/mol. The summed E-state index contributed by atoms with van der Waals surface area (Å²) in [5, 5.41) is 10.4. The Labute approximate surface area is 118 Å². The van der Waals surface area contributed by atoms with Crippen LogP contribution in [0, 0.1) is 12.8 Å². The number of aromatic nitrogens is 2. The van der Waals surface area contributed by atoms with Crippen LogP contribution in [0.3, 0.4) is 0 Å². The number of aliphatic hydroxyl groups excluding tert-OH is 1. The van der Waals surface area contributed by atoms with Crippen molar-refractivity contribution >= 4 is 17.4 Å². The minimum atomic E-state index is -0.197. The van der Waals surface area contributed by atoms with Crippen molar-refractivity contribution in [1.29, 1.82) is 0 Å². The largest absolute Gasteiger partial charge is 0.393 e. The fourth-order valence-corrected chi connectivity index (χ4v) is 2.82. The van der Waals surface area contributed by atoms with Gasteiger partial charge in [0.1, 0.15) is 16.8 Å². The van der Waals surface area contributed by atoms with E-state index in [-0.39, 0.29) is 12.0 Å². The van der Waals surface area contributed by atoms with Crippen LogP contribution in [0.4, 0.5) is 5.82 Å². The molecule has 2 aliphatic rings. The molecule has 1 aliphatic heterocycles. The van der Waals surface area contributed by atoms with E-state index in [1.54, 1.807) is 0 Å². The first-order valence-corrected chi connectivity index (χ1v) is 7.41. The number of hydrogen-bond donors (Lipinski definition) is 1. The SMILES string of the molecule is Cc1c(Cl)nc(C2CC2)nc1N1CCC(O)C(C)C1. The predicted octanol–water partition coefficient (Wildman–Crippen LogP) is 2.52. The Morgan fingerprint density at radius 1 is 1.26 bits per heavy atom. The molecule has 4 nitrogen and oxygen atoms in total. The molecule has 0 radical (unpaired) electrons. The zero-order chi connectivity index (χ0) is 13.6. The molecule has 1 aromatic rings. The summed E-state index contributed by atoms with van der Waals surface area (Å²) in [6.07, 6.45) is 2.94. The van der Waals surface area contributed by atoms with Crippen LogP contribution in [-0.4, -0.2) is 34.3 Å². The average Bonchev–Trinajstić information content (AvgIpc) is 3.20. The lowest BCUT2D eigenvalue weighted by atomic mass is 9.96. The molecule has 2 unspecified atom stereocenters. The number of nitrogens with zero attached hydrogens (tertiary/aromatic N) is 3. The summed E-state index contributed by atoms with van der Waals surface area (Å²) in [5.74, 6) is 2.63. The molecule has 1 saturated heterocycles. The van der Waals surface area contributed by atoms with E-state index in [0.717, 1.165) is 36.7 Å². The first-order valence-electron chi connectivity index (χ1n) is 7.03. The predicted molar refractivity (Wildman–Crippen MR) is 75.8 cm³/mol. The molecular formula is C14H20ClN3O. The van der Waals surface area contributed by atoms with E-state index in [1.807, 2.05) is 6.92 Å². The molecular weight excluding hydrogens is 262 g/mol. The summed E-state index contributed by atoms with van der Waals surface area (Å²) in [6, 6.07) is 0. The van der Waals surface area contributed by atoms with Crippen LogP contribution in [0.1, 0.15) is 43.5 Å². The highest BCUT2D eigenvalue weighted by atomic mass is 35.5. The second-order valence-electron chi connectivity index (χ2n) is 5.87. The number of aliphatic hydroxyl groups is 1. The lowest BCUT2D eigenvalue weighted by molar-refractivity contribution is 0.0968. The van der Waals surface area contributed by atoms with Crippen molar-refractivity contribution in [3.05, 3.63) is 16.5 Å². The quantitative estimate of drug-likeness (QED) is 0.847. The molecule has 19 heavy (non-hydrogen) atoms. The van der Waals surface area contributed by atoms with E-state index in [1.165, 1.54) is 12.8 Å². The molecule has 5 heteroatoms. The third kappa shape index (κ3) is 2.56. The second-order valence-corrected chi connectivity index (χ2v) is 6.23. The van der Waals surface area contributed by atoms with Gasteiger partial charge in [-0.2, -0.15) is 0 Å². The van der Waals surface area contributed by atoms with Gasteiger partial charge in [-0.3, -0.25) is 0 Å². The Balaban J connectivity index is 1.90. The highest BCUT2D eigenvalue weighted by Gasteiger charge is 2.31. The second kappa shape index (κ2) is 4.91. The lowest BCUT2D eigenvalue weighted by Gasteiger charge is -2.36. The standard InChI is InChI=1S/C14H20ClN3O/c1-8-7-18(6-5-11(8)19)14-9(2)12(15)16-13(17-14)10-3-4-10/h8,10-11,19H,3-7H2,1-2H3. The molecule has 0 aromatic carbocycles. The van der Waals surface area contributed by atoms with E-state index in [4.69, 9.17) is 16.6 Å². The van der Waals surface area contributed by atoms with Gasteiger partial charge in [0.15, 0.2) is 0 Å². The highest BCUT2D eigenvalue weighted by molar-refractivity contribution is 6.30. The number of halogens is 1. The Morgan fingerprint density at radius 2 is 2.00 bits per heavy atom. The summed E-state index contributed by atoms with van der Waals surface area (Å²) in [6.45, 7) is 5.73. The smallest absolute Gasteiger partial charge is 0.137 e. The number of anilines is 1. The van der Waals surface area contributed by atoms with Crippen LogP contribution in [0.2, 0.25) is 5.15 Å². The van der Waals surface area contributed by atoms with Gasteiger partial charge >= 0.3 is 0 Å². The summed E-state index contributed by atoms with van der Waals surface area (Å²) >= 11 is 6.25. The van der Waals surface area contributed by atoms with Gasteiger partial charge in [0.2, 0.25) is 0 Å². The molecule has 0 spiro atoms. The van der Waals surface area contributed by atoms with Crippen molar-refractivity contribution in [1.82, 2.24) is 9.97 Å². The zero-order valence-electron chi connectivity index (χ0n) is 11.4. The minimum Gasteiger partial charge on any atom is -0.393 e. The topological polar surface area (TPSA) is 49.2 Å². The Bertz CT molecular complexity index is 490. The van der Waals surface area contributed by atoms with E-state index >= 15 is 0 Å². The van der Waals surface area contributed by atoms with E-state index < -0.39 is 0 Å². The molecule has 0 bridgehead atoms. The third-order valence-corrected chi connectivity index (χ3v) is 4.55. The lowest BCUT2D eigenvalue weighted by Crippen LogP contribution is -2.42. The van der Waals surface area contributed by atoms with Crippen LogP contribution < -0.4 is 4.90 Å². The Hall–Kier alpha value is -0.870. The van der Waals surface area contributed by atoms with Crippen molar-refractivity contribution < 1.29 is 5.11 Å². The van der Waals surface area contributed by atoms with Crippen molar-refractivity contribution in [3.8, 4) is 0 Å². The number of rotatable bonds is 2. The molecule has 3 rings (SSSR count). The molecule has 1 saturated carbocycles. The first kappa shape index (κ1) is 13.1. The highest BCUT2D eigenvalue weighted by Crippen LogP contribution is 2.40. The Kier molecular flexibility index (Phi) is 3.39. The maximum absolute atomic E-state index is 9.83. The molecule has 2 fully saturated rings. The number of hydrogen-bond acceptors (Lipinski definition) is 4. The third-order valence-electron chi connectivity index (χ3n) is 4.18. The van der Waals surface area contributed by atoms with Crippen LogP contribution >= 0.6 is 11.6 Å². The fourth-order valence-electron chi connectivity index (χ4n) is 2.65. The molecule has 104 valence electrons. The Morgan fingerprint density at radius 3 is 2.63 bits per heavy atom. The maximum Gasteiger partial charge on any atom is 0.137 e. The maximum atomic E-state index is 9.83. The summed E-state index contributed by atoms with van der Waals surface area (Å²) in [4.78, 5) is 11.4. The molecule has 2 atom stereocenters. The van der Waals surface area contributed by atoms with Gasteiger partial charge in [0.05, 0.1) is 6.10 Å². The van der Waals surface area contributed by atoms with Crippen molar-refractivity contribution in [2.75, 3.05) is 18.0 Å². The van der Waals surface area contributed by atoms with Crippen molar-refractivity contribution in [3.63, 3.8) is 0 Å². The van der Waals surface area contributed by atoms with Gasteiger partial charge in [-0.1, -0.05) is 18.5 Å². The van der Waals surface area contributed by atoms with Crippen LogP contribution in [-0.2, 0) is 0 Å². The monoisotopic (exact) mass is 281 g/mol. The molecule has 0 amide bonds. The van der Waals surface area contributed by atoms with Gasteiger partial charge in [-0.05, 0) is 32.1 Å². The molecule has 1 aliphatic carbocycles. The number of piperidine rings is 1. The van der Waals surface area contributed by atoms with E-state index in [2.05, 4.69) is 16.8 Å². The fraction of sp³-hybridized carbons (Fsp3) is 0.714. The van der Waals surface area contributed by atoms with Gasteiger partial charge in [-0.25, -0.2) is 9.97 Å². The normalized spacial score (nSPS) is 27.7. The summed E-state index contributed by atoms with van der Waals surface area (Å²) < 4.78 is 0. The molecule has 2 heterocycles. The van der Waals surface area contributed by atoms with Crippen molar-refractivity contribution in [2.24, 2.45) is 5.92 Å². The zero-order valence-corrected chi connectivity index (χ0v) is 12.2. The van der Waals surface area contributed by atoms with Gasteiger partial charge in [-0.15, -0.1) is 0 Å². The van der Waals surface area contributed by atoms with Gasteiger partial charge in [0, 0.05) is 24.6 Å². The summed E-state index contributed by atoms with van der Waals surface area (Å²) in [5.41, 5.74) is 0.953. The van der Waals surface area contributed by atoms with Crippen LogP contribution in [0.5, 0.6) is 0 Å². The van der Waals surface area contributed by atoms with E-state index in [9.17, 15) is 5.11 Å². The molecule has 1 aromatic heterocycles. The van der Waals surface area contributed by atoms with Crippen LogP contribution in [0.15, 0.2) is 0 Å².